The molecule has 204 valence electrons. The van der Waals surface area contributed by atoms with Crippen LogP contribution < -0.4 is 10.1 Å². The first kappa shape index (κ1) is 26.4. The van der Waals surface area contributed by atoms with Crippen molar-refractivity contribution in [3.63, 3.8) is 0 Å². The van der Waals surface area contributed by atoms with Crippen molar-refractivity contribution < 1.29 is 28.4 Å². The monoisotopic (exact) mass is 532 g/mol. The molecule has 2 aromatic carbocycles. The number of nitrogens with zero attached hydrogens (tertiary/aromatic N) is 3. The lowest BCUT2D eigenvalue weighted by Crippen LogP contribution is -2.48. The second-order valence-corrected chi connectivity index (χ2v) is 10.0. The average Bonchev–Trinajstić information content (AvgIpc) is 3.50. The minimum Gasteiger partial charge on any atom is -0.457 e. The molecule has 0 radical (unpaired) electrons. The molecule has 0 saturated carbocycles. The molecule has 3 aromatic rings. The number of carbonyl (C=O) groups is 3. The van der Waals surface area contributed by atoms with Crippen LogP contribution in [0.4, 0.5) is 0 Å². The van der Waals surface area contributed by atoms with Gasteiger partial charge in [0.1, 0.15) is 22.8 Å². The Morgan fingerprint density at radius 2 is 1.95 bits per heavy atom. The summed E-state index contributed by atoms with van der Waals surface area (Å²) in [6.07, 6.45) is 0.101. The van der Waals surface area contributed by atoms with Crippen molar-refractivity contribution in [2.24, 2.45) is 0 Å². The Hall–Kier alpha value is -4.18. The standard InChI is InChI=1S/C29H32N4O6/c1-5-22-27(18(3)39-31-22)29(36)33-13-23-25(14-33)37-16-19-7-6-8-21(11-19)38-24-12-20(10-9-17(24)2)28(35)32(4)15-26(34)30-23/h6-12,23,25H,5,13-16H2,1-4H3,(H,30,34)/t23-,25-/m0/s1. The lowest BCUT2D eigenvalue weighted by Gasteiger charge is -2.23. The molecular formula is C29H32N4O6. The Morgan fingerprint density at radius 3 is 2.74 bits per heavy atom. The summed E-state index contributed by atoms with van der Waals surface area (Å²) in [5.41, 5.74) is 3.23. The van der Waals surface area contributed by atoms with Crippen molar-refractivity contribution in [2.45, 2.75) is 45.9 Å². The summed E-state index contributed by atoms with van der Waals surface area (Å²) < 4.78 is 17.7. The lowest BCUT2D eigenvalue weighted by atomic mass is 10.1. The molecule has 3 amide bonds. The number of benzene rings is 2. The van der Waals surface area contributed by atoms with Crippen LogP contribution in [0.15, 0.2) is 47.0 Å². The Kier molecular flexibility index (Phi) is 7.38. The summed E-state index contributed by atoms with van der Waals surface area (Å²) in [5, 5.41) is 7.00. The minimum atomic E-state index is -0.464. The zero-order valence-electron chi connectivity index (χ0n) is 22.5. The number of amides is 3. The van der Waals surface area contributed by atoms with Crippen molar-refractivity contribution in [3.05, 3.63) is 76.2 Å². The minimum absolute atomic E-state index is 0.149. The van der Waals surface area contributed by atoms with Crippen LogP contribution in [0, 0.1) is 13.8 Å². The summed E-state index contributed by atoms with van der Waals surface area (Å²) in [6, 6.07) is 12.3. The van der Waals surface area contributed by atoms with Crippen LogP contribution in [-0.4, -0.2) is 71.5 Å². The molecule has 2 aliphatic rings. The van der Waals surface area contributed by atoms with Gasteiger partial charge in [-0.2, -0.15) is 0 Å². The molecule has 10 heteroatoms. The lowest BCUT2D eigenvalue weighted by molar-refractivity contribution is -0.123. The van der Waals surface area contributed by atoms with E-state index in [9.17, 15) is 14.4 Å². The number of likely N-dealkylation sites (N-methyl/N-ethyl adjacent to an activating group) is 1. The molecule has 10 nitrogen and oxygen atoms in total. The van der Waals surface area contributed by atoms with Gasteiger partial charge in [0.15, 0.2) is 0 Å². The van der Waals surface area contributed by atoms with Crippen molar-refractivity contribution in [1.82, 2.24) is 20.3 Å². The molecule has 1 N–H and O–H groups in total. The molecule has 0 aliphatic carbocycles. The second kappa shape index (κ2) is 10.9. The number of carbonyl (C=O) groups excluding carboxylic acids is 3. The molecule has 1 fully saturated rings. The molecule has 1 saturated heterocycles. The Bertz CT molecular complexity index is 1420. The second-order valence-electron chi connectivity index (χ2n) is 10.0. The molecule has 0 spiro atoms. The highest BCUT2D eigenvalue weighted by atomic mass is 16.5. The highest BCUT2D eigenvalue weighted by Gasteiger charge is 2.39. The SMILES string of the molecule is CCc1noc(C)c1C(=O)N1C[C@@H]2NC(=O)CN(C)C(=O)c3ccc(C)c(c3)Oc3cccc(c3)CO[C@H]2C1. The van der Waals surface area contributed by atoms with E-state index >= 15 is 0 Å². The molecule has 0 unspecified atom stereocenters. The number of aromatic nitrogens is 1. The molecule has 5 rings (SSSR count). The van der Waals surface area contributed by atoms with Crippen LogP contribution >= 0.6 is 0 Å². The van der Waals surface area contributed by atoms with Gasteiger partial charge >= 0.3 is 0 Å². The van der Waals surface area contributed by atoms with Crippen LogP contribution in [0.3, 0.4) is 0 Å². The summed E-state index contributed by atoms with van der Waals surface area (Å²) in [6.45, 7) is 6.19. The van der Waals surface area contributed by atoms with Gasteiger partial charge < -0.3 is 29.1 Å². The van der Waals surface area contributed by atoms with Crippen LogP contribution in [0.1, 0.15) is 50.2 Å². The fraction of sp³-hybridized carbons (Fsp3) is 0.379. The number of hydrogen-bond acceptors (Lipinski definition) is 7. The molecule has 39 heavy (non-hydrogen) atoms. The fourth-order valence-corrected chi connectivity index (χ4v) is 4.97. The maximum absolute atomic E-state index is 13.5. The van der Waals surface area contributed by atoms with Gasteiger partial charge in [-0.3, -0.25) is 14.4 Å². The van der Waals surface area contributed by atoms with Gasteiger partial charge in [-0.25, -0.2) is 0 Å². The maximum Gasteiger partial charge on any atom is 0.259 e. The van der Waals surface area contributed by atoms with Crippen LogP contribution in [-0.2, 0) is 22.6 Å². The van der Waals surface area contributed by atoms with Crippen LogP contribution in [0.25, 0.3) is 0 Å². The van der Waals surface area contributed by atoms with Gasteiger partial charge in [-0.05, 0) is 55.7 Å². The Labute approximate surface area is 226 Å². The molecule has 3 heterocycles. The Morgan fingerprint density at radius 1 is 1.13 bits per heavy atom. The predicted molar refractivity (Wildman–Crippen MR) is 142 cm³/mol. The van der Waals surface area contributed by atoms with E-state index in [1.165, 1.54) is 4.90 Å². The Balaban J connectivity index is 1.44. The van der Waals surface area contributed by atoms with Gasteiger partial charge in [0.2, 0.25) is 5.91 Å². The van der Waals surface area contributed by atoms with E-state index < -0.39 is 12.1 Å². The van der Waals surface area contributed by atoms with E-state index in [0.29, 0.717) is 40.5 Å². The highest BCUT2D eigenvalue weighted by molar-refractivity contribution is 5.97. The average molecular weight is 533 g/mol. The quantitative estimate of drug-likeness (QED) is 0.539. The third kappa shape index (κ3) is 5.51. The van der Waals surface area contributed by atoms with Crippen molar-refractivity contribution in [2.75, 3.05) is 26.7 Å². The molecule has 2 aliphatic heterocycles. The predicted octanol–water partition coefficient (Wildman–Crippen LogP) is 3.26. The summed E-state index contributed by atoms with van der Waals surface area (Å²) in [7, 11) is 1.58. The number of hydrogen-bond donors (Lipinski definition) is 1. The molecule has 2 atom stereocenters. The van der Waals surface area contributed by atoms with Crippen molar-refractivity contribution in [3.8, 4) is 11.5 Å². The third-order valence-electron chi connectivity index (χ3n) is 7.13. The third-order valence-corrected chi connectivity index (χ3v) is 7.13. The van der Waals surface area contributed by atoms with E-state index in [0.717, 1.165) is 11.1 Å². The molecular weight excluding hydrogens is 500 g/mol. The smallest absolute Gasteiger partial charge is 0.259 e. The summed E-state index contributed by atoms with van der Waals surface area (Å²) >= 11 is 0. The van der Waals surface area contributed by atoms with Gasteiger partial charge in [0, 0.05) is 25.7 Å². The van der Waals surface area contributed by atoms with Crippen molar-refractivity contribution in [1.29, 1.82) is 0 Å². The summed E-state index contributed by atoms with van der Waals surface area (Å²) in [4.78, 5) is 42.6. The molecule has 1 aromatic heterocycles. The van der Waals surface area contributed by atoms with Crippen molar-refractivity contribution >= 4 is 17.7 Å². The number of fused-ring (bicyclic) bond motifs is 5. The zero-order valence-corrected chi connectivity index (χ0v) is 22.5. The topological polar surface area (TPSA) is 114 Å². The highest BCUT2D eigenvalue weighted by Crippen LogP contribution is 2.28. The number of nitrogens with one attached hydrogen (secondary N) is 1. The first-order chi connectivity index (χ1) is 18.7. The van der Waals surface area contributed by atoms with Gasteiger partial charge in [-0.15, -0.1) is 0 Å². The fourth-order valence-electron chi connectivity index (χ4n) is 4.97. The van der Waals surface area contributed by atoms with E-state index in [4.69, 9.17) is 14.0 Å². The first-order valence-corrected chi connectivity index (χ1v) is 13.0. The van der Waals surface area contributed by atoms with Crippen LogP contribution in [0.2, 0.25) is 0 Å². The first-order valence-electron chi connectivity index (χ1n) is 13.0. The van der Waals surface area contributed by atoms with E-state index in [2.05, 4.69) is 10.5 Å². The normalized spacial score (nSPS) is 19.9. The van der Waals surface area contributed by atoms with E-state index in [1.807, 2.05) is 44.2 Å². The maximum atomic E-state index is 13.5. The zero-order chi connectivity index (χ0) is 27.7. The van der Waals surface area contributed by atoms with Crippen LogP contribution in [0.5, 0.6) is 11.5 Å². The van der Waals surface area contributed by atoms with Gasteiger partial charge in [-0.1, -0.05) is 30.3 Å². The van der Waals surface area contributed by atoms with Gasteiger partial charge in [0.25, 0.3) is 11.8 Å². The molecule has 4 bridgehead atoms. The van der Waals surface area contributed by atoms with E-state index in [1.54, 1.807) is 31.0 Å². The van der Waals surface area contributed by atoms with Gasteiger partial charge in [0.05, 0.1) is 31.0 Å². The largest absolute Gasteiger partial charge is 0.457 e. The summed E-state index contributed by atoms with van der Waals surface area (Å²) in [5.74, 6) is 0.785. The number of likely N-dealkylation sites (tertiary alicyclic amines) is 1. The number of aryl methyl sites for hydroxylation is 3. The number of ether oxygens (including phenoxy) is 2. The number of rotatable bonds is 2. The van der Waals surface area contributed by atoms with E-state index in [-0.39, 0.29) is 44.0 Å².